The van der Waals surface area contributed by atoms with Gasteiger partial charge >= 0.3 is 0 Å². The van der Waals surface area contributed by atoms with Gasteiger partial charge in [-0.2, -0.15) is 0 Å². The van der Waals surface area contributed by atoms with Crippen LogP contribution in [0.1, 0.15) is 49.1 Å². The lowest BCUT2D eigenvalue weighted by Gasteiger charge is -2.15. The second-order valence-electron chi connectivity index (χ2n) is 6.26. The van der Waals surface area contributed by atoms with Gasteiger partial charge in [-0.1, -0.05) is 67.6 Å². The van der Waals surface area contributed by atoms with Crippen molar-refractivity contribution in [3.05, 3.63) is 71.8 Å². The molecule has 2 aromatic carbocycles. The van der Waals surface area contributed by atoms with Crippen LogP contribution in [0.2, 0.25) is 0 Å². The molecule has 1 nitrogen and oxygen atoms in total. The highest BCUT2D eigenvalue weighted by molar-refractivity contribution is 5.27. The molecule has 1 N–H and O–H groups in total. The van der Waals surface area contributed by atoms with E-state index in [9.17, 15) is 0 Å². The van der Waals surface area contributed by atoms with Crippen molar-refractivity contribution in [1.82, 2.24) is 5.32 Å². The minimum absolute atomic E-state index is 0.736. The van der Waals surface area contributed by atoms with Gasteiger partial charge in [0.15, 0.2) is 0 Å². The van der Waals surface area contributed by atoms with E-state index in [1.165, 1.54) is 30.4 Å². The number of nitrogens with one attached hydrogen (secondary N) is 1. The molecule has 1 aliphatic rings. The molecule has 0 amide bonds. The molecule has 3 unspecified atom stereocenters. The zero-order valence-corrected chi connectivity index (χ0v) is 14.1. The van der Waals surface area contributed by atoms with Crippen LogP contribution in [0.3, 0.4) is 0 Å². The van der Waals surface area contributed by atoms with Crippen LogP contribution in [-0.4, -0.2) is 14.1 Å². The van der Waals surface area contributed by atoms with Crippen LogP contribution < -0.4 is 5.32 Å². The summed E-state index contributed by atoms with van der Waals surface area (Å²) in [5.41, 5.74) is 3.05. The van der Waals surface area contributed by atoms with E-state index in [-0.39, 0.29) is 0 Å². The highest BCUT2D eigenvalue weighted by atomic mass is 14.7. The Morgan fingerprint density at radius 3 is 2.05 bits per heavy atom. The van der Waals surface area contributed by atoms with Crippen LogP contribution in [0.4, 0.5) is 0 Å². The van der Waals surface area contributed by atoms with Crippen molar-refractivity contribution in [3.63, 3.8) is 0 Å². The highest BCUT2D eigenvalue weighted by Gasteiger charge is 2.39. The highest BCUT2D eigenvalue weighted by Crippen LogP contribution is 2.52. The Morgan fingerprint density at radius 1 is 0.955 bits per heavy atom. The summed E-state index contributed by atoms with van der Waals surface area (Å²) in [7, 11) is 3.75. The van der Waals surface area contributed by atoms with Crippen molar-refractivity contribution < 1.29 is 0 Å². The van der Waals surface area contributed by atoms with E-state index in [4.69, 9.17) is 0 Å². The van der Waals surface area contributed by atoms with Crippen LogP contribution in [0.15, 0.2) is 60.7 Å². The standard InChI is InChI=1S/C19H22.C2H7N/c1-2-15(16-9-5-3-6-10-16)13-18-14-19(18)17-11-7-4-8-12-17;1-3-2/h3-12,15,18-19H,2,13-14H2,1H3;3H,1-2H3. The normalized spacial score (nSPS) is 20.7. The van der Waals surface area contributed by atoms with Gasteiger partial charge in [0.25, 0.3) is 0 Å². The fourth-order valence-corrected chi connectivity index (χ4v) is 3.25. The van der Waals surface area contributed by atoms with Gasteiger partial charge in [0.2, 0.25) is 0 Å². The summed E-state index contributed by atoms with van der Waals surface area (Å²) in [5.74, 6) is 2.45. The van der Waals surface area contributed by atoms with E-state index in [2.05, 4.69) is 72.9 Å². The molecule has 118 valence electrons. The molecule has 1 saturated carbocycles. The third-order valence-corrected chi connectivity index (χ3v) is 4.50. The molecule has 22 heavy (non-hydrogen) atoms. The first-order valence-corrected chi connectivity index (χ1v) is 8.48. The molecule has 3 atom stereocenters. The van der Waals surface area contributed by atoms with Gasteiger partial charge in [-0.25, -0.2) is 0 Å². The predicted molar refractivity (Wildman–Crippen MR) is 96.4 cm³/mol. The van der Waals surface area contributed by atoms with Crippen LogP contribution in [0, 0.1) is 5.92 Å². The molecule has 0 radical (unpaired) electrons. The molecule has 0 bridgehead atoms. The summed E-state index contributed by atoms with van der Waals surface area (Å²) in [6.45, 7) is 2.32. The van der Waals surface area contributed by atoms with Crippen LogP contribution in [0.5, 0.6) is 0 Å². The monoisotopic (exact) mass is 295 g/mol. The maximum absolute atomic E-state index is 2.75. The van der Waals surface area contributed by atoms with E-state index < -0.39 is 0 Å². The number of benzene rings is 2. The number of rotatable bonds is 5. The van der Waals surface area contributed by atoms with Crippen molar-refractivity contribution in [1.29, 1.82) is 0 Å². The molecule has 0 heterocycles. The maximum Gasteiger partial charge on any atom is -0.0130 e. The molecule has 0 aliphatic heterocycles. The molecule has 3 rings (SSSR count). The summed E-state index contributed by atoms with van der Waals surface area (Å²) in [6, 6.07) is 22.0. The van der Waals surface area contributed by atoms with Gasteiger partial charge < -0.3 is 5.32 Å². The molecule has 0 saturated heterocycles. The average Bonchev–Trinajstić information content (AvgIpc) is 3.34. The lowest BCUT2D eigenvalue weighted by molar-refractivity contribution is 0.553. The Hall–Kier alpha value is -1.60. The van der Waals surface area contributed by atoms with Gasteiger partial charge in [-0.05, 0) is 62.2 Å². The summed E-state index contributed by atoms with van der Waals surface area (Å²) >= 11 is 0. The van der Waals surface area contributed by atoms with Gasteiger partial charge in [-0.15, -0.1) is 0 Å². The number of hydrogen-bond acceptors (Lipinski definition) is 1. The van der Waals surface area contributed by atoms with Crippen molar-refractivity contribution >= 4 is 0 Å². The summed E-state index contributed by atoms with van der Waals surface area (Å²) < 4.78 is 0. The largest absolute Gasteiger partial charge is 0.323 e. The van der Waals surface area contributed by atoms with Crippen molar-refractivity contribution in [3.8, 4) is 0 Å². The second-order valence-corrected chi connectivity index (χ2v) is 6.26. The minimum Gasteiger partial charge on any atom is -0.323 e. The van der Waals surface area contributed by atoms with Gasteiger partial charge in [0, 0.05) is 0 Å². The smallest absolute Gasteiger partial charge is 0.0130 e. The van der Waals surface area contributed by atoms with Crippen LogP contribution in [0.25, 0.3) is 0 Å². The van der Waals surface area contributed by atoms with E-state index in [0.29, 0.717) is 0 Å². The van der Waals surface area contributed by atoms with Gasteiger partial charge in [0.1, 0.15) is 0 Å². The SMILES string of the molecule is CCC(CC1CC1c1ccccc1)c1ccccc1.CNC. The zero-order chi connectivity index (χ0) is 15.8. The molecule has 2 aromatic rings. The molecular weight excluding hydrogens is 266 g/mol. The lowest BCUT2D eigenvalue weighted by Crippen LogP contribution is -1.99. The lowest BCUT2D eigenvalue weighted by atomic mass is 9.90. The summed E-state index contributed by atoms with van der Waals surface area (Å²) in [6.07, 6.45) is 3.98. The molecule has 1 aliphatic carbocycles. The van der Waals surface area contributed by atoms with Crippen molar-refractivity contribution in [2.45, 2.75) is 38.0 Å². The zero-order valence-electron chi connectivity index (χ0n) is 14.1. The second kappa shape index (κ2) is 8.75. The third-order valence-electron chi connectivity index (χ3n) is 4.50. The van der Waals surface area contributed by atoms with Crippen LogP contribution in [-0.2, 0) is 0 Å². The third kappa shape index (κ3) is 4.71. The molecule has 1 fully saturated rings. The molecule has 0 aromatic heterocycles. The van der Waals surface area contributed by atoms with Crippen LogP contribution >= 0.6 is 0 Å². The Balaban J connectivity index is 0.000000545. The van der Waals surface area contributed by atoms with E-state index in [1.807, 2.05) is 14.1 Å². The molecule has 1 heteroatoms. The van der Waals surface area contributed by atoms with E-state index >= 15 is 0 Å². The average molecular weight is 295 g/mol. The number of hydrogen-bond donors (Lipinski definition) is 1. The molecule has 0 spiro atoms. The first-order chi connectivity index (χ1) is 10.8. The quantitative estimate of drug-likeness (QED) is 0.798. The Labute approximate surface area is 135 Å². The summed E-state index contributed by atoms with van der Waals surface area (Å²) in [4.78, 5) is 0. The Kier molecular flexibility index (Phi) is 6.67. The first-order valence-electron chi connectivity index (χ1n) is 8.48. The topological polar surface area (TPSA) is 12.0 Å². The van der Waals surface area contributed by atoms with E-state index in [0.717, 1.165) is 17.8 Å². The molecular formula is C21H29N. The Morgan fingerprint density at radius 2 is 1.50 bits per heavy atom. The minimum atomic E-state index is 0.736. The van der Waals surface area contributed by atoms with Crippen molar-refractivity contribution in [2.75, 3.05) is 14.1 Å². The first kappa shape index (κ1) is 16.8. The van der Waals surface area contributed by atoms with E-state index in [1.54, 1.807) is 0 Å². The van der Waals surface area contributed by atoms with Gasteiger partial charge in [0.05, 0.1) is 0 Å². The van der Waals surface area contributed by atoms with Gasteiger partial charge in [-0.3, -0.25) is 0 Å². The van der Waals surface area contributed by atoms with Crippen molar-refractivity contribution in [2.24, 2.45) is 5.92 Å². The Bertz CT molecular complexity index is 520. The maximum atomic E-state index is 2.75. The fourth-order valence-electron chi connectivity index (χ4n) is 3.25. The fraction of sp³-hybridized carbons (Fsp3) is 0.429. The summed E-state index contributed by atoms with van der Waals surface area (Å²) in [5, 5.41) is 2.75. The predicted octanol–water partition coefficient (Wildman–Crippen LogP) is 5.21.